The predicted molar refractivity (Wildman–Crippen MR) is 111 cm³/mol. The number of methoxy groups -OCH3 is 2. The van der Waals surface area contributed by atoms with Crippen molar-refractivity contribution in [1.82, 2.24) is 10.2 Å². The number of nitrogens with zero attached hydrogens (tertiary/aromatic N) is 3. The van der Waals surface area contributed by atoms with Crippen molar-refractivity contribution in [2.24, 2.45) is 0 Å². The second-order valence-corrected chi connectivity index (χ2v) is 10.6. The van der Waals surface area contributed by atoms with Crippen molar-refractivity contribution in [3.63, 3.8) is 0 Å². The normalized spacial score (nSPS) is 11.4. The molecule has 0 saturated carbocycles. The van der Waals surface area contributed by atoms with Gasteiger partial charge in [-0.1, -0.05) is 36.9 Å². The van der Waals surface area contributed by atoms with Crippen LogP contribution in [0.5, 0.6) is 11.5 Å². The van der Waals surface area contributed by atoms with Gasteiger partial charge in [0.15, 0.2) is 4.34 Å². The SMILES string of the molecule is COc1ccc(N(CC(=O)Nc2nnc(SC(C)C)s2)S(C)(=O)=O)c(OC)c1. The number of carbonyl (C=O) groups is 1. The van der Waals surface area contributed by atoms with Crippen LogP contribution in [0, 0.1) is 0 Å². The van der Waals surface area contributed by atoms with E-state index in [4.69, 9.17) is 9.47 Å². The third-order valence-electron chi connectivity index (χ3n) is 3.33. The van der Waals surface area contributed by atoms with Gasteiger partial charge >= 0.3 is 0 Å². The number of amides is 1. The Labute approximate surface area is 172 Å². The number of hydrogen-bond acceptors (Lipinski definition) is 9. The molecule has 0 spiro atoms. The number of benzene rings is 1. The minimum atomic E-state index is -3.75. The van der Waals surface area contributed by atoms with Gasteiger partial charge in [0, 0.05) is 11.3 Å². The first-order chi connectivity index (χ1) is 13.1. The molecule has 1 amide bonds. The molecule has 0 atom stereocenters. The van der Waals surface area contributed by atoms with Crippen LogP contribution in [0.25, 0.3) is 0 Å². The minimum absolute atomic E-state index is 0.231. The molecular formula is C16H22N4O5S3. The van der Waals surface area contributed by atoms with E-state index in [-0.39, 0.29) is 11.4 Å². The van der Waals surface area contributed by atoms with Gasteiger partial charge in [0.25, 0.3) is 0 Å². The Kier molecular flexibility index (Phi) is 7.49. The Morgan fingerprint density at radius 2 is 2.00 bits per heavy atom. The lowest BCUT2D eigenvalue weighted by molar-refractivity contribution is -0.114. The molecule has 2 aromatic rings. The van der Waals surface area contributed by atoms with E-state index in [1.54, 1.807) is 12.1 Å². The molecule has 2 rings (SSSR count). The van der Waals surface area contributed by atoms with Crippen molar-refractivity contribution in [2.75, 3.05) is 36.6 Å². The molecule has 0 radical (unpaired) electrons. The predicted octanol–water partition coefficient (Wildman–Crippen LogP) is 2.46. The zero-order valence-corrected chi connectivity index (χ0v) is 18.6. The van der Waals surface area contributed by atoms with Crippen LogP contribution in [0.1, 0.15) is 13.8 Å². The van der Waals surface area contributed by atoms with Gasteiger partial charge in [0.1, 0.15) is 18.0 Å². The first-order valence-electron chi connectivity index (χ1n) is 8.13. The number of anilines is 2. The van der Waals surface area contributed by atoms with E-state index in [0.29, 0.717) is 16.1 Å². The monoisotopic (exact) mass is 446 g/mol. The summed E-state index contributed by atoms with van der Waals surface area (Å²) in [6, 6.07) is 4.66. The lowest BCUT2D eigenvalue weighted by Gasteiger charge is -2.23. The number of nitrogens with one attached hydrogen (secondary N) is 1. The number of thioether (sulfide) groups is 1. The summed E-state index contributed by atoms with van der Waals surface area (Å²) in [7, 11) is -0.852. The van der Waals surface area contributed by atoms with Gasteiger partial charge in [-0.15, -0.1) is 10.2 Å². The third-order valence-corrected chi connectivity index (χ3v) is 6.39. The van der Waals surface area contributed by atoms with E-state index in [2.05, 4.69) is 15.5 Å². The van der Waals surface area contributed by atoms with E-state index in [9.17, 15) is 13.2 Å². The van der Waals surface area contributed by atoms with E-state index in [0.717, 1.165) is 14.9 Å². The number of ether oxygens (including phenoxy) is 2. The summed E-state index contributed by atoms with van der Waals surface area (Å²) < 4.78 is 36.7. The van der Waals surface area contributed by atoms with Crippen LogP contribution in [0.2, 0.25) is 0 Å². The molecule has 0 aliphatic heterocycles. The summed E-state index contributed by atoms with van der Waals surface area (Å²) in [5.74, 6) is 0.229. The summed E-state index contributed by atoms with van der Waals surface area (Å²) >= 11 is 2.76. The van der Waals surface area contributed by atoms with E-state index < -0.39 is 22.5 Å². The smallest absolute Gasteiger partial charge is 0.246 e. The maximum atomic E-state index is 12.4. The second-order valence-electron chi connectivity index (χ2n) is 5.90. The highest BCUT2D eigenvalue weighted by Gasteiger charge is 2.25. The highest BCUT2D eigenvalue weighted by molar-refractivity contribution is 8.01. The largest absolute Gasteiger partial charge is 0.497 e. The molecule has 0 aliphatic rings. The lowest BCUT2D eigenvalue weighted by Crippen LogP contribution is -2.37. The fourth-order valence-corrected chi connectivity index (χ4v) is 5.02. The van der Waals surface area contributed by atoms with E-state index in [1.807, 2.05) is 13.8 Å². The van der Waals surface area contributed by atoms with Gasteiger partial charge in [0.2, 0.25) is 21.1 Å². The van der Waals surface area contributed by atoms with Gasteiger partial charge in [0.05, 0.1) is 26.2 Å². The molecule has 0 bridgehead atoms. The molecule has 12 heteroatoms. The van der Waals surface area contributed by atoms with Crippen molar-refractivity contribution >= 4 is 49.8 Å². The van der Waals surface area contributed by atoms with Crippen LogP contribution in [0.15, 0.2) is 22.5 Å². The maximum absolute atomic E-state index is 12.4. The molecule has 28 heavy (non-hydrogen) atoms. The molecule has 9 nitrogen and oxygen atoms in total. The number of carbonyl (C=O) groups excluding carboxylic acids is 1. The van der Waals surface area contributed by atoms with Crippen molar-refractivity contribution in [2.45, 2.75) is 23.4 Å². The average molecular weight is 447 g/mol. The molecule has 0 saturated heterocycles. The summed E-state index contributed by atoms with van der Waals surface area (Å²) in [6.45, 7) is 3.61. The molecule has 154 valence electrons. The number of hydrogen-bond donors (Lipinski definition) is 1. The highest BCUT2D eigenvalue weighted by Crippen LogP contribution is 2.33. The third kappa shape index (κ3) is 5.97. The van der Waals surface area contributed by atoms with E-state index in [1.165, 1.54) is 43.4 Å². The Morgan fingerprint density at radius 3 is 2.57 bits per heavy atom. The van der Waals surface area contributed by atoms with Crippen molar-refractivity contribution in [3.8, 4) is 11.5 Å². The Balaban J connectivity index is 2.21. The molecule has 1 aromatic carbocycles. The molecule has 1 aromatic heterocycles. The fourth-order valence-electron chi connectivity index (χ4n) is 2.17. The standard InChI is InChI=1S/C16H22N4O5S3/c1-10(2)26-16-19-18-15(27-16)17-14(21)9-20(28(5,22)23)12-7-6-11(24-3)8-13(12)25-4/h6-8,10H,9H2,1-5H3,(H,17,18,21). The Bertz CT molecular complexity index is 930. The lowest BCUT2D eigenvalue weighted by atomic mass is 10.2. The summed E-state index contributed by atoms with van der Waals surface area (Å²) in [5.41, 5.74) is 0.231. The topological polar surface area (TPSA) is 111 Å². The second kappa shape index (κ2) is 9.43. The van der Waals surface area contributed by atoms with Crippen LogP contribution < -0.4 is 19.1 Å². The van der Waals surface area contributed by atoms with Crippen molar-refractivity contribution < 1.29 is 22.7 Å². The quantitative estimate of drug-likeness (QED) is 0.462. The molecule has 1 heterocycles. The number of aromatic nitrogens is 2. The van der Waals surface area contributed by atoms with Gasteiger partial charge in [-0.3, -0.25) is 14.4 Å². The minimum Gasteiger partial charge on any atom is -0.497 e. The van der Waals surface area contributed by atoms with Crippen LogP contribution in [0.4, 0.5) is 10.8 Å². The molecule has 0 unspecified atom stereocenters. The number of sulfonamides is 1. The zero-order valence-electron chi connectivity index (χ0n) is 16.1. The van der Waals surface area contributed by atoms with Gasteiger partial charge in [-0.2, -0.15) is 0 Å². The molecule has 1 N–H and O–H groups in total. The number of rotatable bonds is 9. The summed E-state index contributed by atoms with van der Waals surface area (Å²) in [5, 5.41) is 11.1. The highest BCUT2D eigenvalue weighted by atomic mass is 32.2. The van der Waals surface area contributed by atoms with Crippen LogP contribution >= 0.6 is 23.1 Å². The summed E-state index contributed by atoms with van der Waals surface area (Å²) in [4.78, 5) is 12.4. The van der Waals surface area contributed by atoms with E-state index >= 15 is 0 Å². The van der Waals surface area contributed by atoms with Crippen molar-refractivity contribution in [3.05, 3.63) is 18.2 Å². The average Bonchev–Trinajstić information content (AvgIpc) is 3.04. The van der Waals surface area contributed by atoms with Gasteiger partial charge in [-0.25, -0.2) is 8.42 Å². The maximum Gasteiger partial charge on any atom is 0.246 e. The van der Waals surface area contributed by atoms with Gasteiger partial charge < -0.3 is 9.47 Å². The Hall–Kier alpha value is -2.05. The van der Waals surface area contributed by atoms with Crippen molar-refractivity contribution in [1.29, 1.82) is 0 Å². The first-order valence-corrected chi connectivity index (χ1v) is 11.7. The fraction of sp³-hybridized carbons (Fsp3) is 0.438. The Morgan fingerprint density at radius 1 is 1.29 bits per heavy atom. The summed E-state index contributed by atoms with van der Waals surface area (Å²) in [6.07, 6.45) is 1.02. The van der Waals surface area contributed by atoms with Crippen LogP contribution in [-0.4, -0.2) is 56.8 Å². The first kappa shape index (κ1) is 22.2. The zero-order chi connectivity index (χ0) is 20.9. The van der Waals surface area contributed by atoms with Crippen LogP contribution in [0.3, 0.4) is 0 Å². The van der Waals surface area contributed by atoms with Gasteiger partial charge in [-0.05, 0) is 12.1 Å². The molecular weight excluding hydrogens is 424 g/mol. The molecule has 0 fully saturated rings. The molecule has 0 aliphatic carbocycles. The van der Waals surface area contributed by atoms with Crippen LogP contribution in [-0.2, 0) is 14.8 Å².